The molecule has 0 bridgehead atoms. The quantitative estimate of drug-likeness (QED) is 0.557. The normalized spacial score (nSPS) is 10.5. The van der Waals surface area contributed by atoms with Crippen molar-refractivity contribution in [1.29, 1.82) is 0 Å². The summed E-state index contributed by atoms with van der Waals surface area (Å²) in [5.74, 6) is -0.901. The van der Waals surface area contributed by atoms with Crippen LogP contribution in [0.5, 0.6) is 5.75 Å². The first kappa shape index (κ1) is 18.2. The van der Waals surface area contributed by atoms with Crippen molar-refractivity contribution in [3.8, 4) is 5.75 Å². The predicted octanol–water partition coefficient (Wildman–Crippen LogP) is 2.43. The van der Waals surface area contributed by atoms with Crippen molar-refractivity contribution < 1.29 is 19.4 Å². The average Bonchev–Trinajstić information content (AvgIpc) is 2.67. The standard InChI is InChI=1S/C20H18N2O5/c23-18-9-6-13-12-14(7-8-17(13)22-18)27-11-3-10-21-19(24)15-4-1-2-5-16(15)20(25)26/h1-2,4-9,12H,3,10-11H2,(H,21,24)(H,22,23)(H,25,26). The first-order chi connectivity index (χ1) is 13.0. The zero-order valence-electron chi connectivity index (χ0n) is 14.4. The van der Waals surface area contributed by atoms with Gasteiger partial charge in [0.1, 0.15) is 5.75 Å². The van der Waals surface area contributed by atoms with Gasteiger partial charge in [0, 0.05) is 23.5 Å². The Balaban J connectivity index is 1.49. The second-order valence-electron chi connectivity index (χ2n) is 5.88. The van der Waals surface area contributed by atoms with E-state index in [9.17, 15) is 14.4 Å². The molecule has 3 N–H and O–H groups in total. The molecule has 0 spiro atoms. The molecule has 0 aliphatic rings. The molecule has 7 nitrogen and oxygen atoms in total. The molecule has 0 aliphatic heterocycles. The van der Waals surface area contributed by atoms with Crippen LogP contribution in [-0.2, 0) is 0 Å². The van der Waals surface area contributed by atoms with Crippen molar-refractivity contribution in [1.82, 2.24) is 10.3 Å². The number of H-pyrrole nitrogens is 1. The zero-order valence-corrected chi connectivity index (χ0v) is 14.4. The molecule has 0 fully saturated rings. The number of rotatable bonds is 7. The molecule has 138 valence electrons. The van der Waals surface area contributed by atoms with Gasteiger partial charge in [0.25, 0.3) is 5.91 Å². The highest BCUT2D eigenvalue weighted by atomic mass is 16.5. The molecule has 0 radical (unpaired) electrons. The van der Waals surface area contributed by atoms with E-state index in [2.05, 4.69) is 10.3 Å². The van der Waals surface area contributed by atoms with E-state index < -0.39 is 11.9 Å². The molecule has 0 unspecified atom stereocenters. The molecule has 27 heavy (non-hydrogen) atoms. The number of ether oxygens (including phenoxy) is 1. The highest BCUT2D eigenvalue weighted by molar-refractivity contribution is 6.04. The summed E-state index contributed by atoms with van der Waals surface area (Å²) in [6.45, 7) is 0.739. The molecule has 1 aromatic heterocycles. The number of fused-ring (bicyclic) bond motifs is 1. The number of benzene rings is 2. The summed E-state index contributed by atoms with van der Waals surface area (Å²) in [5.41, 5.74) is 0.686. The van der Waals surface area contributed by atoms with Crippen molar-refractivity contribution in [3.63, 3.8) is 0 Å². The maximum absolute atomic E-state index is 12.1. The number of amides is 1. The lowest BCUT2D eigenvalue weighted by molar-refractivity contribution is 0.0691. The number of carbonyl (C=O) groups excluding carboxylic acids is 1. The molecule has 7 heteroatoms. The number of carboxylic acids is 1. The first-order valence-electron chi connectivity index (χ1n) is 8.41. The van der Waals surface area contributed by atoms with Gasteiger partial charge >= 0.3 is 5.97 Å². The van der Waals surface area contributed by atoms with Crippen LogP contribution in [0.1, 0.15) is 27.1 Å². The minimum atomic E-state index is -1.14. The maximum Gasteiger partial charge on any atom is 0.336 e. The highest BCUT2D eigenvalue weighted by Gasteiger charge is 2.14. The number of hydrogen-bond donors (Lipinski definition) is 3. The third kappa shape index (κ3) is 4.52. The fourth-order valence-electron chi connectivity index (χ4n) is 2.65. The van der Waals surface area contributed by atoms with Gasteiger partial charge < -0.3 is 20.1 Å². The molecule has 0 aliphatic carbocycles. The monoisotopic (exact) mass is 366 g/mol. The van der Waals surface area contributed by atoms with Crippen LogP contribution in [0.3, 0.4) is 0 Å². The van der Waals surface area contributed by atoms with Crippen LogP contribution >= 0.6 is 0 Å². The maximum atomic E-state index is 12.1. The van der Waals surface area contributed by atoms with Gasteiger partial charge in [0.2, 0.25) is 5.56 Å². The Morgan fingerprint density at radius 3 is 2.59 bits per heavy atom. The van der Waals surface area contributed by atoms with Gasteiger partial charge in [-0.05, 0) is 42.8 Å². The van der Waals surface area contributed by atoms with Crippen molar-refractivity contribution in [2.24, 2.45) is 0 Å². The van der Waals surface area contributed by atoms with Gasteiger partial charge in [-0.25, -0.2) is 4.79 Å². The Bertz CT molecular complexity index is 1040. The van der Waals surface area contributed by atoms with Crippen LogP contribution in [0.4, 0.5) is 0 Å². The topological polar surface area (TPSA) is 108 Å². The summed E-state index contributed by atoms with van der Waals surface area (Å²) in [4.78, 5) is 37.3. The highest BCUT2D eigenvalue weighted by Crippen LogP contribution is 2.18. The Labute approximate surface area is 154 Å². The third-order valence-electron chi connectivity index (χ3n) is 3.97. The van der Waals surface area contributed by atoms with Crippen molar-refractivity contribution >= 4 is 22.8 Å². The molecule has 2 aromatic carbocycles. The summed E-state index contributed by atoms with van der Waals surface area (Å²) in [7, 11) is 0. The Kier molecular flexibility index (Phi) is 5.51. The van der Waals surface area contributed by atoms with E-state index in [0.717, 1.165) is 10.9 Å². The van der Waals surface area contributed by atoms with Gasteiger partial charge in [-0.2, -0.15) is 0 Å². The predicted molar refractivity (Wildman–Crippen MR) is 100 cm³/mol. The molecule has 1 heterocycles. The second kappa shape index (κ2) is 8.18. The third-order valence-corrected chi connectivity index (χ3v) is 3.97. The minimum absolute atomic E-state index is 0.0274. The fraction of sp³-hybridized carbons (Fsp3) is 0.150. The largest absolute Gasteiger partial charge is 0.494 e. The smallest absolute Gasteiger partial charge is 0.336 e. The second-order valence-corrected chi connectivity index (χ2v) is 5.88. The Morgan fingerprint density at radius 1 is 1.04 bits per heavy atom. The van der Waals surface area contributed by atoms with Crippen molar-refractivity contribution in [3.05, 3.63) is 76.1 Å². The molecule has 1 amide bonds. The fourth-order valence-corrected chi connectivity index (χ4v) is 2.65. The van der Waals surface area contributed by atoms with Crippen LogP contribution in [0, 0.1) is 0 Å². The molecular weight excluding hydrogens is 348 g/mol. The SMILES string of the molecule is O=C(O)c1ccccc1C(=O)NCCCOc1ccc2[nH]c(=O)ccc2c1. The number of nitrogens with one attached hydrogen (secondary N) is 2. The van der Waals surface area contributed by atoms with Gasteiger partial charge in [-0.15, -0.1) is 0 Å². The molecule has 0 saturated carbocycles. The van der Waals surface area contributed by atoms with Crippen LogP contribution in [-0.4, -0.2) is 35.1 Å². The van der Waals surface area contributed by atoms with E-state index in [1.54, 1.807) is 30.3 Å². The summed E-state index contributed by atoms with van der Waals surface area (Å²) >= 11 is 0. The molecule has 0 saturated heterocycles. The van der Waals surface area contributed by atoms with E-state index in [0.29, 0.717) is 25.3 Å². The summed E-state index contributed by atoms with van der Waals surface area (Å²) in [6, 6.07) is 14.6. The van der Waals surface area contributed by atoms with E-state index >= 15 is 0 Å². The summed E-state index contributed by atoms with van der Waals surface area (Å²) in [6.07, 6.45) is 0.560. The number of aromatic carboxylic acids is 1. The van der Waals surface area contributed by atoms with Crippen molar-refractivity contribution in [2.45, 2.75) is 6.42 Å². The minimum Gasteiger partial charge on any atom is -0.494 e. The van der Waals surface area contributed by atoms with Crippen LogP contribution in [0.2, 0.25) is 0 Å². The summed E-state index contributed by atoms with van der Waals surface area (Å²) < 4.78 is 5.66. The first-order valence-corrected chi connectivity index (χ1v) is 8.41. The lowest BCUT2D eigenvalue weighted by Gasteiger charge is -2.09. The van der Waals surface area contributed by atoms with E-state index in [4.69, 9.17) is 9.84 Å². The van der Waals surface area contributed by atoms with Gasteiger partial charge in [-0.3, -0.25) is 9.59 Å². The van der Waals surface area contributed by atoms with E-state index in [1.165, 1.54) is 18.2 Å². The number of hydrogen-bond acceptors (Lipinski definition) is 4. The Hall–Kier alpha value is -3.61. The van der Waals surface area contributed by atoms with Gasteiger partial charge in [0.05, 0.1) is 17.7 Å². The number of aromatic amines is 1. The lowest BCUT2D eigenvalue weighted by Crippen LogP contribution is -2.27. The van der Waals surface area contributed by atoms with Gasteiger partial charge in [-0.1, -0.05) is 12.1 Å². The number of carbonyl (C=O) groups is 2. The van der Waals surface area contributed by atoms with Crippen LogP contribution < -0.4 is 15.6 Å². The van der Waals surface area contributed by atoms with E-state index in [-0.39, 0.29) is 16.7 Å². The van der Waals surface area contributed by atoms with E-state index in [1.807, 2.05) is 6.07 Å². The molecule has 3 rings (SSSR count). The van der Waals surface area contributed by atoms with Crippen molar-refractivity contribution in [2.75, 3.05) is 13.2 Å². The van der Waals surface area contributed by atoms with Gasteiger partial charge in [0.15, 0.2) is 0 Å². The molecule has 0 atom stereocenters. The molecule has 3 aromatic rings. The molecular formula is C20H18N2O5. The zero-order chi connectivity index (χ0) is 19.2. The van der Waals surface area contributed by atoms with Crippen LogP contribution in [0.15, 0.2) is 59.4 Å². The summed E-state index contributed by atoms with van der Waals surface area (Å²) in [5, 5.41) is 12.7. The Morgan fingerprint density at radius 2 is 1.81 bits per heavy atom. The number of aromatic nitrogens is 1. The number of pyridine rings is 1. The average molecular weight is 366 g/mol. The number of carboxylic acid groups (broad SMARTS) is 1. The van der Waals surface area contributed by atoms with Crippen LogP contribution in [0.25, 0.3) is 10.9 Å². The lowest BCUT2D eigenvalue weighted by atomic mass is 10.1.